The SMILES string of the molecule is NC(N)(O)Cc1c[nH]c2ccccc12. The Morgan fingerprint density at radius 1 is 1.29 bits per heavy atom. The molecule has 0 atom stereocenters. The number of nitrogens with two attached hydrogens (primary N) is 2. The first-order valence-electron chi connectivity index (χ1n) is 4.41. The van der Waals surface area contributed by atoms with E-state index in [-0.39, 0.29) is 6.42 Å². The van der Waals surface area contributed by atoms with E-state index in [9.17, 15) is 5.11 Å². The molecule has 0 spiro atoms. The number of H-pyrrole nitrogens is 1. The van der Waals surface area contributed by atoms with Crippen molar-refractivity contribution in [2.45, 2.75) is 12.3 Å². The Labute approximate surface area is 81.5 Å². The van der Waals surface area contributed by atoms with E-state index in [1.165, 1.54) is 0 Å². The number of rotatable bonds is 2. The number of fused-ring (bicyclic) bond motifs is 1. The van der Waals surface area contributed by atoms with Gasteiger partial charge in [0.05, 0.1) is 0 Å². The minimum atomic E-state index is -1.65. The van der Waals surface area contributed by atoms with Crippen LogP contribution in [0, 0.1) is 0 Å². The van der Waals surface area contributed by atoms with E-state index in [0.29, 0.717) is 0 Å². The quantitative estimate of drug-likeness (QED) is 0.514. The van der Waals surface area contributed by atoms with Crippen LogP contribution in [0.2, 0.25) is 0 Å². The van der Waals surface area contributed by atoms with Crippen LogP contribution in [-0.4, -0.2) is 15.9 Å². The highest BCUT2D eigenvalue weighted by Gasteiger charge is 2.16. The lowest BCUT2D eigenvalue weighted by molar-refractivity contribution is 0.0547. The number of benzene rings is 1. The van der Waals surface area contributed by atoms with Gasteiger partial charge in [0, 0.05) is 23.5 Å². The maximum Gasteiger partial charge on any atom is 0.170 e. The Morgan fingerprint density at radius 2 is 2.00 bits per heavy atom. The molecule has 0 aliphatic heterocycles. The summed E-state index contributed by atoms with van der Waals surface area (Å²) < 4.78 is 0. The molecule has 14 heavy (non-hydrogen) atoms. The van der Waals surface area contributed by atoms with Crippen molar-refractivity contribution in [3.8, 4) is 0 Å². The molecule has 0 saturated heterocycles. The molecule has 2 rings (SSSR count). The molecule has 1 heterocycles. The Balaban J connectivity index is 2.44. The molecular formula is C10H13N3O. The normalized spacial score (nSPS) is 12.2. The maximum absolute atomic E-state index is 9.29. The zero-order chi connectivity index (χ0) is 10.2. The average molecular weight is 191 g/mol. The number of aliphatic hydroxyl groups is 1. The van der Waals surface area contributed by atoms with Gasteiger partial charge in [0.25, 0.3) is 0 Å². The van der Waals surface area contributed by atoms with E-state index < -0.39 is 5.85 Å². The Hall–Kier alpha value is -1.36. The lowest BCUT2D eigenvalue weighted by Gasteiger charge is -2.15. The van der Waals surface area contributed by atoms with E-state index in [1.54, 1.807) is 0 Å². The molecule has 0 aliphatic carbocycles. The number of aromatic nitrogens is 1. The largest absolute Gasteiger partial charge is 0.363 e. The second-order valence-electron chi connectivity index (χ2n) is 3.53. The molecule has 0 radical (unpaired) electrons. The molecule has 74 valence electrons. The van der Waals surface area contributed by atoms with Crippen molar-refractivity contribution in [3.63, 3.8) is 0 Å². The van der Waals surface area contributed by atoms with Crippen LogP contribution in [0.3, 0.4) is 0 Å². The zero-order valence-corrected chi connectivity index (χ0v) is 7.70. The van der Waals surface area contributed by atoms with Crippen LogP contribution in [0.25, 0.3) is 10.9 Å². The van der Waals surface area contributed by atoms with Gasteiger partial charge in [-0.15, -0.1) is 0 Å². The third kappa shape index (κ3) is 1.77. The molecule has 0 amide bonds. The number of hydrogen-bond donors (Lipinski definition) is 4. The van der Waals surface area contributed by atoms with Crippen molar-refractivity contribution in [3.05, 3.63) is 36.0 Å². The number of aromatic amines is 1. The van der Waals surface area contributed by atoms with E-state index >= 15 is 0 Å². The van der Waals surface area contributed by atoms with E-state index in [0.717, 1.165) is 16.5 Å². The summed E-state index contributed by atoms with van der Waals surface area (Å²) in [5, 5.41) is 10.3. The van der Waals surface area contributed by atoms with Crippen molar-refractivity contribution < 1.29 is 5.11 Å². The molecule has 0 unspecified atom stereocenters. The number of nitrogens with one attached hydrogen (secondary N) is 1. The molecule has 4 heteroatoms. The smallest absolute Gasteiger partial charge is 0.170 e. The molecular weight excluding hydrogens is 178 g/mol. The summed E-state index contributed by atoms with van der Waals surface area (Å²) in [5.41, 5.74) is 12.6. The summed E-state index contributed by atoms with van der Waals surface area (Å²) in [4.78, 5) is 3.09. The van der Waals surface area contributed by atoms with Gasteiger partial charge in [-0.25, -0.2) is 0 Å². The monoisotopic (exact) mass is 191 g/mol. The third-order valence-corrected chi connectivity index (χ3v) is 2.15. The molecule has 0 saturated carbocycles. The highest BCUT2D eigenvalue weighted by molar-refractivity contribution is 5.83. The van der Waals surface area contributed by atoms with Gasteiger partial charge in [0.1, 0.15) is 0 Å². The van der Waals surface area contributed by atoms with E-state index in [2.05, 4.69) is 4.98 Å². The van der Waals surface area contributed by atoms with Crippen molar-refractivity contribution in [1.82, 2.24) is 4.98 Å². The molecule has 1 aromatic heterocycles. The van der Waals surface area contributed by atoms with Crippen LogP contribution in [0.15, 0.2) is 30.5 Å². The highest BCUT2D eigenvalue weighted by atomic mass is 16.3. The Kier molecular flexibility index (Phi) is 2.03. The first-order valence-corrected chi connectivity index (χ1v) is 4.41. The van der Waals surface area contributed by atoms with Crippen LogP contribution in [0.4, 0.5) is 0 Å². The molecule has 0 bridgehead atoms. The predicted molar refractivity (Wildman–Crippen MR) is 55.3 cm³/mol. The molecule has 0 fully saturated rings. The lowest BCUT2D eigenvalue weighted by Crippen LogP contribution is -2.51. The van der Waals surface area contributed by atoms with Gasteiger partial charge in [0.2, 0.25) is 0 Å². The molecule has 6 N–H and O–H groups in total. The predicted octanol–water partition coefficient (Wildman–Crippen LogP) is 0.274. The summed E-state index contributed by atoms with van der Waals surface area (Å²) in [5.74, 6) is -1.65. The van der Waals surface area contributed by atoms with Crippen LogP contribution in [-0.2, 0) is 6.42 Å². The van der Waals surface area contributed by atoms with Crippen molar-refractivity contribution in [2.75, 3.05) is 0 Å². The zero-order valence-electron chi connectivity index (χ0n) is 7.70. The second kappa shape index (κ2) is 3.09. The summed E-state index contributed by atoms with van der Waals surface area (Å²) >= 11 is 0. The Bertz CT molecular complexity index is 442. The number of para-hydroxylation sites is 1. The van der Waals surface area contributed by atoms with Gasteiger partial charge >= 0.3 is 0 Å². The van der Waals surface area contributed by atoms with Gasteiger partial charge < -0.3 is 10.1 Å². The minimum absolute atomic E-state index is 0.233. The van der Waals surface area contributed by atoms with Crippen molar-refractivity contribution in [1.29, 1.82) is 0 Å². The average Bonchev–Trinajstić information content (AvgIpc) is 2.47. The van der Waals surface area contributed by atoms with Gasteiger partial charge in [-0.1, -0.05) is 18.2 Å². The Morgan fingerprint density at radius 3 is 2.71 bits per heavy atom. The summed E-state index contributed by atoms with van der Waals surface area (Å²) in [6.07, 6.45) is 2.05. The van der Waals surface area contributed by atoms with E-state index in [4.69, 9.17) is 11.5 Å². The van der Waals surface area contributed by atoms with Gasteiger partial charge in [-0.05, 0) is 11.6 Å². The minimum Gasteiger partial charge on any atom is -0.363 e. The fraction of sp³-hybridized carbons (Fsp3) is 0.200. The molecule has 2 aromatic rings. The molecule has 1 aromatic carbocycles. The summed E-state index contributed by atoms with van der Waals surface area (Å²) in [6, 6.07) is 7.81. The first-order chi connectivity index (χ1) is 6.56. The maximum atomic E-state index is 9.29. The van der Waals surface area contributed by atoms with Crippen LogP contribution in [0.5, 0.6) is 0 Å². The first kappa shape index (κ1) is 9.21. The van der Waals surface area contributed by atoms with E-state index in [1.807, 2.05) is 30.5 Å². The van der Waals surface area contributed by atoms with Gasteiger partial charge in [-0.3, -0.25) is 11.5 Å². The summed E-state index contributed by atoms with van der Waals surface area (Å²) in [6.45, 7) is 0. The summed E-state index contributed by atoms with van der Waals surface area (Å²) in [7, 11) is 0. The van der Waals surface area contributed by atoms with Crippen LogP contribution < -0.4 is 11.5 Å². The molecule has 0 aliphatic rings. The number of hydrogen-bond acceptors (Lipinski definition) is 3. The fourth-order valence-corrected chi connectivity index (χ4v) is 1.58. The fourth-order valence-electron chi connectivity index (χ4n) is 1.58. The third-order valence-electron chi connectivity index (χ3n) is 2.15. The topological polar surface area (TPSA) is 88.1 Å². The van der Waals surface area contributed by atoms with Crippen LogP contribution in [0.1, 0.15) is 5.56 Å². The van der Waals surface area contributed by atoms with Crippen LogP contribution >= 0.6 is 0 Å². The van der Waals surface area contributed by atoms with Gasteiger partial charge in [-0.2, -0.15) is 0 Å². The van der Waals surface area contributed by atoms with Crippen molar-refractivity contribution in [2.24, 2.45) is 11.5 Å². The van der Waals surface area contributed by atoms with Crippen molar-refractivity contribution >= 4 is 10.9 Å². The second-order valence-corrected chi connectivity index (χ2v) is 3.53. The highest BCUT2D eigenvalue weighted by Crippen LogP contribution is 2.19. The van der Waals surface area contributed by atoms with Gasteiger partial charge in [0.15, 0.2) is 5.85 Å². The lowest BCUT2D eigenvalue weighted by atomic mass is 10.1. The standard InChI is InChI=1S/C10H13N3O/c11-10(12,14)5-7-6-13-9-4-2-1-3-8(7)9/h1-4,6,13-14H,5,11-12H2. The molecule has 4 nitrogen and oxygen atoms in total.